The standard InChI is InChI=1S/C24H33FN2O3/c1-29-21-11-19(12-21)27-22(28)24-8-2-7-23(16-24,9-10-24)18-3-5-20(6-4-18)30-15-17(13-25)14-26/h3-6,13,19,21H,2,7-12,14-16,26H2,1H3,(H,27,28)/b17-13+. The SMILES string of the molecule is COC1CC(NC(=O)C23CCCC(c4ccc(OC/C(=C/F)CN)cc4)(CC2)C3)C1. The number of hydrogen-bond acceptors (Lipinski definition) is 4. The smallest absolute Gasteiger partial charge is 0.226 e. The molecule has 3 N–H and O–H groups in total. The van der Waals surface area contributed by atoms with Gasteiger partial charge in [-0.05, 0) is 68.1 Å². The van der Waals surface area contributed by atoms with E-state index in [-0.39, 0.29) is 35.9 Å². The lowest BCUT2D eigenvalue weighted by atomic mass is 9.65. The van der Waals surface area contributed by atoms with Gasteiger partial charge in [0.05, 0.1) is 17.8 Å². The molecule has 0 aromatic heterocycles. The fraction of sp³-hybridized carbons (Fsp3) is 0.625. The van der Waals surface area contributed by atoms with E-state index in [2.05, 4.69) is 17.4 Å². The van der Waals surface area contributed by atoms with Gasteiger partial charge in [0.2, 0.25) is 5.91 Å². The van der Waals surface area contributed by atoms with E-state index in [9.17, 15) is 9.18 Å². The molecule has 3 fully saturated rings. The third kappa shape index (κ3) is 4.00. The van der Waals surface area contributed by atoms with E-state index in [0.717, 1.165) is 51.4 Å². The highest BCUT2D eigenvalue weighted by Crippen LogP contribution is 2.59. The first-order chi connectivity index (χ1) is 14.5. The van der Waals surface area contributed by atoms with Crippen LogP contribution in [0.2, 0.25) is 0 Å². The first kappa shape index (κ1) is 21.3. The van der Waals surface area contributed by atoms with Gasteiger partial charge >= 0.3 is 0 Å². The van der Waals surface area contributed by atoms with Crippen molar-refractivity contribution in [2.45, 2.75) is 68.9 Å². The quantitative estimate of drug-likeness (QED) is 0.677. The molecule has 0 heterocycles. The monoisotopic (exact) mass is 416 g/mol. The topological polar surface area (TPSA) is 73.6 Å². The Morgan fingerprint density at radius 2 is 2.00 bits per heavy atom. The summed E-state index contributed by atoms with van der Waals surface area (Å²) >= 11 is 0. The van der Waals surface area contributed by atoms with Crippen LogP contribution in [0.25, 0.3) is 0 Å². The normalized spacial score (nSPS) is 33.1. The number of rotatable bonds is 8. The lowest BCUT2D eigenvalue weighted by Crippen LogP contribution is -2.52. The zero-order valence-electron chi connectivity index (χ0n) is 17.8. The molecule has 3 aliphatic carbocycles. The fourth-order valence-electron chi connectivity index (χ4n) is 5.62. The van der Waals surface area contributed by atoms with E-state index in [0.29, 0.717) is 23.8 Å². The van der Waals surface area contributed by atoms with Gasteiger partial charge in [0.1, 0.15) is 12.4 Å². The number of carbonyl (C=O) groups excluding carboxylic acids is 1. The second kappa shape index (κ2) is 8.67. The molecule has 3 saturated carbocycles. The van der Waals surface area contributed by atoms with Crippen molar-refractivity contribution in [2.75, 3.05) is 20.3 Å². The van der Waals surface area contributed by atoms with Crippen molar-refractivity contribution in [1.29, 1.82) is 0 Å². The first-order valence-corrected chi connectivity index (χ1v) is 11.1. The molecular formula is C24H33FN2O3. The maximum Gasteiger partial charge on any atom is 0.226 e. The largest absolute Gasteiger partial charge is 0.489 e. The minimum absolute atomic E-state index is 0.0735. The maximum absolute atomic E-state index is 13.2. The molecule has 4 rings (SSSR count). The molecule has 1 aromatic carbocycles. The van der Waals surface area contributed by atoms with Crippen molar-refractivity contribution in [2.24, 2.45) is 11.1 Å². The van der Waals surface area contributed by atoms with Crippen LogP contribution in [-0.2, 0) is 14.9 Å². The molecular weight excluding hydrogens is 383 g/mol. The Hall–Kier alpha value is -1.92. The molecule has 2 unspecified atom stereocenters. The zero-order chi connectivity index (χ0) is 21.2. The van der Waals surface area contributed by atoms with Crippen molar-refractivity contribution in [3.63, 3.8) is 0 Å². The van der Waals surface area contributed by atoms with Gasteiger partial charge in [-0.25, -0.2) is 4.39 Å². The Bertz CT molecular complexity index is 790. The molecule has 164 valence electrons. The van der Waals surface area contributed by atoms with Gasteiger partial charge in [0, 0.05) is 25.3 Å². The lowest BCUT2D eigenvalue weighted by Gasteiger charge is -2.41. The highest BCUT2D eigenvalue weighted by molar-refractivity contribution is 5.84. The molecule has 3 aliphatic rings. The molecule has 1 aromatic rings. The minimum atomic E-state index is -0.229. The van der Waals surface area contributed by atoms with E-state index in [1.807, 2.05) is 12.1 Å². The molecule has 6 heteroatoms. The van der Waals surface area contributed by atoms with Crippen molar-refractivity contribution in [1.82, 2.24) is 5.32 Å². The Morgan fingerprint density at radius 1 is 1.23 bits per heavy atom. The number of amides is 1. The van der Waals surface area contributed by atoms with Crippen LogP contribution in [-0.4, -0.2) is 38.3 Å². The fourth-order valence-corrected chi connectivity index (χ4v) is 5.62. The molecule has 0 spiro atoms. The Balaban J connectivity index is 1.40. The number of hydrogen-bond donors (Lipinski definition) is 2. The average molecular weight is 417 g/mol. The van der Waals surface area contributed by atoms with Crippen LogP contribution >= 0.6 is 0 Å². The summed E-state index contributed by atoms with van der Waals surface area (Å²) in [6.45, 7) is 0.306. The molecule has 0 aliphatic heterocycles. The molecule has 1 amide bonds. The summed E-state index contributed by atoms with van der Waals surface area (Å²) in [6.07, 6.45) is 8.78. The number of nitrogens with one attached hydrogen (secondary N) is 1. The number of ether oxygens (including phenoxy) is 2. The number of carbonyl (C=O) groups is 1. The van der Waals surface area contributed by atoms with E-state index in [1.165, 1.54) is 5.56 Å². The van der Waals surface area contributed by atoms with E-state index in [1.54, 1.807) is 7.11 Å². The van der Waals surface area contributed by atoms with E-state index in [4.69, 9.17) is 15.2 Å². The Kier molecular flexibility index (Phi) is 6.16. The molecule has 2 atom stereocenters. The number of halogens is 1. The third-order valence-electron chi connectivity index (χ3n) is 7.62. The Morgan fingerprint density at radius 3 is 2.67 bits per heavy atom. The van der Waals surface area contributed by atoms with E-state index >= 15 is 0 Å². The summed E-state index contributed by atoms with van der Waals surface area (Å²) < 4.78 is 23.6. The number of fused-ring (bicyclic) bond motifs is 2. The van der Waals surface area contributed by atoms with Gasteiger partial charge < -0.3 is 20.5 Å². The lowest BCUT2D eigenvalue weighted by molar-refractivity contribution is -0.134. The van der Waals surface area contributed by atoms with Gasteiger partial charge in [0.25, 0.3) is 0 Å². The second-order valence-electron chi connectivity index (χ2n) is 9.38. The van der Waals surface area contributed by atoms with E-state index < -0.39 is 0 Å². The summed E-state index contributed by atoms with van der Waals surface area (Å²) in [4.78, 5) is 13.2. The number of nitrogens with two attached hydrogens (primary N) is 1. The zero-order valence-corrected chi connectivity index (χ0v) is 17.8. The van der Waals surface area contributed by atoms with Crippen LogP contribution < -0.4 is 15.8 Å². The van der Waals surface area contributed by atoms with Gasteiger partial charge in [0.15, 0.2) is 0 Å². The van der Waals surface area contributed by atoms with Crippen molar-refractivity contribution >= 4 is 5.91 Å². The van der Waals surface area contributed by atoms with Crippen molar-refractivity contribution < 1.29 is 18.7 Å². The molecule has 30 heavy (non-hydrogen) atoms. The molecule has 5 nitrogen and oxygen atoms in total. The van der Waals surface area contributed by atoms with Crippen LogP contribution in [0.4, 0.5) is 4.39 Å². The number of methoxy groups -OCH3 is 1. The molecule has 2 bridgehead atoms. The van der Waals surface area contributed by atoms with Crippen LogP contribution in [0.1, 0.15) is 56.9 Å². The van der Waals surface area contributed by atoms with Crippen molar-refractivity contribution in [3.05, 3.63) is 41.7 Å². The van der Waals surface area contributed by atoms with Gasteiger partial charge in [-0.2, -0.15) is 0 Å². The summed E-state index contributed by atoms with van der Waals surface area (Å²) in [5.74, 6) is 0.953. The van der Waals surface area contributed by atoms with Crippen LogP contribution in [0, 0.1) is 5.41 Å². The number of benzene rings is 1. The predicted molar refractivity (Wildman–Crippen MR) is 114 cm³/mol. The second-order valence-corrected chi connectivity index (χ2v) is 9.38. The Labute approximate surface area is 178 Å². The molecule has 0 radical (unpaired) electrons. The third-order valence-corrected chi connectivity index (χ3v) is 7.62. The van der Waals surface area contributed by atoms with Crippen LogP contribution in [0.5, 0.6) is 5.75 Å². The van der Waals surface area contributed by atoms with Gasteiger partial charge in [-0.3, -0.25) is 4.79 Å². The van der Waals surface area contributed by atoms with Crippen molar-refractivity contribution in [3.8, 4) is 5.75 Å². The predicted octanol–water partition coefficient (Wildman–Crippen LogP) is 3.76. The highest BCUT2D eigenvalue weighted by Gasteiger charge is 2.55. The first-order valence-electron chi connectivity index (χ1n) is 11.1. The van der Waals surface area contributed by atoms with Gasteiger partial charge in [-0.1, -0.05) is 18.6 Å². The summed E-state index contributed by atoms with van der Waals surface area (Å²) in [7, 11) is 1.74. The highest BCUT2D eigenvalue weighted by atomic mass is 19.1. The molecule has 0 saturated heterocycles. The maximum atomic E-state index is 13.2. The summed E-state index contributed by atoms with van der Waals surface area (Å²) in [5, 5.41) is 3.30. The minimum Gasteiger partial charge on any atom is -0.489 e. The average Bonchev–Trinajstić information content (AvgIpc) is 3.03. The summed E-state index contributed by atoms with van der Waals surface area (Å²) in [6, 6.07) is 8.40. The summed E-state index contributed by atoms with van der Waals surface area (Å²) in [5.41, 5.74) is 7.04. The van der Waals surface area contributed by atoms with Gasteiger partial charge in [-0.15, -0.1) is 0 Å². The van der Waals surface area contributed by atoms with Crippen LogP contribution in [0.3, 0.4) is 0 Å². The van der Waals surface area contributed by atoms with Crippen LogP contribution in [0.15, 0.2) is 36.2 Å².